The quantitative estimate of drug-likeness (QED) is 0.720. The fourth-order valence-corrected chi connectivity index (χ4v) is 5.04. The van der Waals surface area contributed by atoms with Gasteiger partial charge in [-0.15, -0.1) is 10.2 Å². The molecule has 31 heavy (non-hydrogen) atoms. The maximum Gasteiger partial charge on any atom is 0.416 e. The first kappa shape index (κ1) is 20.1. The Labute approximate surface area is 175 Å². The Balaban J connectivity index is 1.10. The van der Waals surface area contributed by atoms with Crippen molar-refractivity contribution in [2.24, 2.45) is 5.41 Å². The van der Waals surface area contributed by atoms with Crippen LogP contribution in [0.2, 0.25) is 0 Å². The van der Waals surface area contributed by atoms with Crippen molar-refractivity contribution in [3.8, 4) is 0 Å². The maximum absolute atomic E-state index is 14.0. The van der Waals surface area contributed by atoms with Gasteiger partial charge in [0, 0.05) is 43.6 Å². The number of carbonyl (C=O) groups is 1. The zero-order valence-electron chi connectivity index (χ0n) is 16.6. The minimum absolute atomic E-state index is 0.00823. The molecular formula is C20H22F4N6O. The number of hydrogen-bond donors (Lipinski definition) is 2. The van der Waals surface area contributed by atoms with Gasteiger partial charge >= 0.3 is 12.2 Å². The summed E-state index contributed by atoms with van der Waals surface area (Å²) in [6.07, 6.45) is -0.650. The highest BCUT2D eigenvalue weighted by Crippen LogP contribution is 2.50. The van der Waals surface area contributed by atoms with Gasteiger partial charge in [-0.1, -0.05) is 0 Å². The third-order valence-corrected chi connectivity index (χ3v) is 6.62. The molecular weight excluding hydrogens is 416 g/mol. The number of carbonyl (C=O) groups excluding carboxylic acids is 1. The van der Waals surface area contributed by atoms with E-state index in [2.05, 4.69) is 20.5 Å². The third-order valence-electron chi connectivity index (χ3n) is 6.62. The van der Waals surface area contributed by atoms with Crippen LogP contribution in [0.15, 0.2) is 24.5 Å². The van der Waals surface area contributed by atoms with Crippen molar-refractivity contribution in [1.29, 1.82) is 0 Å². The van der Waals surface area contributed by atoms with E-state index in [0.29, 0.717) is 32.2 Å². The molecule has 1 aromatic heterocycles. The van der Waals surface area contributed by atoms with Gasteiger partial charge < -0.3 is 20.1 Å². The smallest absolute Gasteiger partial charge is 0.380 e. The molecule has 3 aliphatic rings. The van der Waals surface area contributed by atoms with E-state index in [1.165, 1.54) is 6.33 Å². The Hall–Kier alpha value is -2.85. The summed E-state index contributed by atoms with van der Waals surface area (Å²) in [5.74, 6) is 0.0768. The van der Waals surface area contributed by atoms with Crippen LogP contribution >= 0.6 is 0 Å². The second-order valence-electron chi connectivity index (χ2n) is 8.89. The number of urea groups is 1. The first-order valence-corrected chi connectivity index (χ1v) is 10.3. The van der Waals surface area contributed by atoms with Gasteiger partial charge in [0.05, 0.1) is 11.3 Å². The summed E-state index contributed by atoms with van der Waals surface area (Å²) in [7, 11) is 0. The zero-order chi connectivity index (χ0) is 21.8. The van der Waals surface area contributed by atoms with Crippen molar-refractivity contribution < 1.29 is 22.4 Å². The van der Waals surface area contributed by atoms with E-state index in [-0.39, 0.29) is 29.1 Å². The lowest BCUT2D eigenvalue weighted by Gasteiger charge is -2.59. The van der Waals surface area contributed by atoms with Crippen molar-refractivity contribution in [3.63, 3.8) is 0 Å². The normalized spacial score (nSPS) is 23.0. The molecule has 2 aliphatic heterocycles. The number of alkyl halides is 3. The number of aromatic nitrogens is 3. The molecule has 11 heteroatoms. The molecule has 166 valence electrons. The lowest BCUT2D eigenvalue weighted by molar-refractivity contribution is -0.137. The standard InChI is InChI=1S/C20H22F4N6O/c21-15-5-13(20(22,23)24)1-2-16(15)27-14-6-19(7-14)9-30(10-19)18(31)29-4-3-12(8-29)17-25-11-26-28-17/h1-2,5,11-12,14,27H,3-4,6-10H2,(H,25,26,28). The number of nitrogens with zero attached hydrogens (tertiary/aromatic N) is 4. The summed E-state index contributed by atoms with van der Waals surface area (Å²) in [6.45, 7) is 2.62. The molecule has 0 bridgehead atoms. The summed E-state index contributed by atoms with van der Waals surface area (Å²) < 4.78 is 52.0. The van der Waals surface area contributed by atoms with Gasteiger partial charge in [0.25, 0.3) is 0 Å². The third kappa shape index (κ3) is 3.70. The Morgan fingerprint density at radius 1 is 1.23 bits per heavy atom. The van der Waals surface area contributed by atoms with Crippen LogP contribution in [0.25, 0.3) is 0 Å². The molecule has 2 N–H and O–H groups in total. The molecule has 0 radical (unpaired) electrons. The molecule has 1 aromatic carbocycles. The molecule has 1 spiro atoms. The monoisotopic (exact) mass is 438 g/mol. The predicted octanol–water partition coefficient (Wildman–Crippen LogP) is 3.45. The van der Waals surface area contributed by atoms with Gasteiger partial charge in [-0.3, -0.25) is 0 Å². The van der Waals surface area contributed by atoms with Crippen LogP contribution in [0.1, 0.15) is 36.6 Å². The first-order valence-electron chi connectivity index (χ1n) is 10.3. The van der Waals surface area contributed by atoms with Crippen molar-refractivity contribution >= 4 is 11.7 Å². The minimum Gasteiger partial charge on any atom is -0.380 e. The summed E-state index contributed by atoms with van der Waals surface area (Å²) >= 11 is 0. The van der Waals surface area contributed by atoms with Crippen molar-refractivity contribution in [1.82, 2.24) is 25.0 Å². The lowest BCUT2D eigenvalue weighted by atomic mass is 9.60. The number of halogens is 4. The van der Waals surface area contributed by atoms with Crippen molar-refractivity contribution in [2.75, 3.05) is 31.5 Å². The first-order chi connectivity index (χ1) is 14.7. The lowest BCUT2D eigenvalue weighted by Crippen LogP contribution is -2.67. The number of hydrogen-bond acceptors (Lipinski definition) is 4. The molecule has 2 amide bonds. The molecule has 1 unspecified atom stereocenters. The van der Waals surface area contributed by atoms with Gasteiger partial charge in [0.2, 0.25) is 0 Å². The second-order valence-corrected chi connectivity index (χ2v) is 8.89. The van der Waals surface area contributed by atoms with Crippen molar-refractivity contribution in [3.05, 3.63) is 41.7 Å². The van der Waals surface area contributed by atoms with Gasteiger partial charge in [0.1, 0.15) is 18.0 Å². The van der Waals surface area contributed by atoms with E-state index < -0.39 is 17.6 Å². The summed E-state index contributed by atoms with van der Waals surface area (Å²) in [5.41, 5.74) is -0.892. The minimum atomic E-state index is -4.56. The largest absolute Gasteiger partial charge is 0.416 e. The van der Waals surface area contributed by atoms with E-state index in [9.17, 15) is 22.4 Å². The number of nitrogens with one attached hydrogen (secondary N) is 2. The highest BCUT2D eigenvalue weighted by atomic mass is 19.4. The van der Waals surface area contributed by atoms with Gasteiger partial charge in [-0.25, -0.2) is 9.18 Å². The van der Waals surface area contributed by atoms with Crippen LogP contribution in [0.3, 0.4) is 0 Å². The Morgan fingerprint density at radius 2 is 2.00 bits per heavy atom. The summed E-state index contributed by atoms with van der Waals surface area (Å²) in [4.78, 5) is 19.4. The van der Waals surface area contributed by atoms with Crippen molar-refractivity contribution in [2.45, 2.75) is 37.4 Å². The van der Waals surface area contributed by atoms with Crippen LogP contribution in [0.4, 0.5) is 28.0 Å². The van der Waals surface area contributed by atoms with Gasteiger partial charge in [-0.2, -0.15) is 13.2 Å². The zero-order valence-corrected chi connectivity index (χ0v) is 16.6. The van der Waals surface area contributed by atoms with E-state index in [1.807, 2.05) is 9.80 Å². The maximum atomic E-state index is 14.0. The number of rotatable bonds is 3. The van der Waals surface area contributed by atoms with Gasteiger partial charge in [0.15, 0.2) is 0 Å². The fourth-order valence-electron chi connectivity index (χ4n) is 5.04. The summed E-state index contributed by atoms with van der Waals surface area (Å²) in [6, 6.07) is 2.55. The van der Waals surface area contributed by atoms with Crippen LogP contribution in [0.5, 0.6) is 0 Å². The van der Waals surface area contributed by atoms with Crippen LogP contribution < -0.4 is 5.32 Å². The molecule has 3 fully saturated rings. The number of aromatic amines is 1. The SMILES string of the molecule is O=C(N1CCC(c2nnc[nH]2)C1)N1CC2(CC(Nc3ccc(C(F)(F)F)cc3F)C2)C1. The Bertz CT molecular complexity index is 965. The number of benzene rings is 1. The molecule has 1 atom stereocenters. The summed E-state index contributed by atoms with van der Waals surface area (Å²) in [5, 5.41) is 10.8. The van der Waals surface area contributed by atoms with Crippen LogP contribution in [-0.4, -0.2) is 63.2 Å². The molecule has 1 aliphatic carbocycles. The molecule has 2 saturated heterocycles. The average molecular weight is 438 g/mol. The molecule has 1 saturated carbocycles. The fraction of sp³-hybridized carbons (Fsp3) is 0.550. The van der Waals surface area contributed by atoms with Crippen LogP contribution in [0, 0.1) is 11.2 Å². The highest BCUT2D eigenvalue weighted by molar-refractivity contribution is 5.76. The van der Waals surface area contributed by atoms with E-state index in [0.717, 1.165) is 37.2 Å². The number of H-pyrrole nitrogens is 1. The predicted molar refractivity (Wildman–Crippen MR) is 103 cm³/mol. The molecule has 5 rings (SSSR count). The van der Waals surface area contributed by atoms with E-state index >= 15 is 0 Å². The van der Waals surface area contributed by atoms with E-state index in [4.69, 9.17) is 0 Å². The van der Waals surface area contributed by atoms with Crippen LogP contribution in [-0.2, 0) is 6.18 Å². The number of amides is 2. The topological polar surface area (TPSA) is 77.2 Å². The molecule has 3 heterocycles. The number of anilines is 1. The Morgan fingerprint density at radius 3 is 2.65 bits per heavy atom. The highest BCUT2D eigenvalue weighted by Gasteiger charge is 2.54. The average Bonchev–Trinajstić information content (AvgIpc) is 3.33. The molecule has 7 nitrogen and oxygen atoms in total. The Kier molecular flexibility index (Phi) is 4.60. The van der Waals surface area contributed by atoms with E-state index in [1.54, 1.807) is 0 Å². The second kappa shape index (κ2) is 7.10. The number of likely N-dealkylation sites (tertiary alicyclic amines) is 2. The molecule has 2 aromatic rings. The van der Waals surface area contributed by atoms with Gasteiger partial charge in [-0.05, 0) is 37.5 Å².